The lowest BCUT2D eigenvalue weighted by atomic mass is 10.1. The number of halogens is 2. The maximum absolute atomic E-state index is 13.5. The van der Waals surface area contributed by atoms with Gasteiger partial charge in [0, 0.05) is 18.7 Å². The molecular formula is C15H14F2N2O2. The Bertz CT molecular complexity index is 602. The van der Waals surface area contributed by atoms with Gasteiger partial charge in [-0.1, -0.05) is 12.1 Å². The summed E-state index contributed by atoms with van der Waals surface area (Å²) < 4.78 is 31.9. The standard InChI is InChI=1S/C15H14F2N2O2/c16-13-5-1-3-10(14(13)17)7-11(8-18)15(20)19-9-12-4-2-6-21-12/h1,3,5,7,12H,2,4,6,9H2,(H,19,20)/b11-7+. The van der Waals surface area contributed by atoms with Gasteiger partial charge in [-0.2, -0.15) is 5.26 Å². The van der Waals surface area contributed by atoms with E-state index in [1.165, 1.54) is 12.1 Å². The quantitative estimate of drug-likeness (QED) is 0.683. The minimum Gasteiger partial charge on any atom is -0.376 e. The highest BCUT2D eigenvalue weighted by molar-refractivity contribution is 6.01. The van der Waals surface area contributed by atoms with Gasteiger partial charge in [-0.25, -0.2) is 8.78 Å². The second kappa shape index (κ2) is 6.95. The summed E-state index contributed by atoms with van der Waals surface area (Å²) in [7, 11) is 0. The Labute approximate surface area is 121 Å². The summed E-state index contributed by atoms with van der Waals surface area (Å²) in [6, 6.07) is 5.26. The zero-order valence-electron chi connectivity index (χ0n) is 11.2. The topological polar surface area (TPSA) is 62.1 Å². The van der Waals surface area contributed by atoms with Crippen LogP contribution >= 0.6 is 0 Å². The predicted molar refractivity (Wildman–Crippen MR) is 71.9 cm³/mol. The molecule has 1 amide bonds. The van der Waals surface area contributed by atoms with Gasteiger partial charge in [-0.15, -0.1) is 0 Å². The number of ether oxygens (including phenoxy) is 1. The third-order valence-electron chi connectivity index (χ3n) is 3.16. The first-order valence-electron chi connectivity index (χ1n) is 6.57. The maximum atomic E-state index is 13.5. The molecule has 2 rings (SSSR count). The van der Waals surface area contributed by atoms with Crippen molar-refractivity contribution in [2.75, 3.05) is 13.2 Å². The first-order valence-corrected chi connectivity index (χ1v) is 6.57. The lowest BCUT2D eigenvalue weighted by molar-refractivity contribution is -0.117. The van der Waals surface area contributed by atoms with Crippen LogP contribution in [-0.4, -0.2) is 25.2 Å². The van der Waals surface area contributed by atoms with Crippen molar-refractivity contribution < 1.29 is 18.3 Å². The van der Waals surface area contributed by atoms with Crippen molar-refractivity contribution in [3.63, 3.8) is 0 Å². The Morgan fingerprint density at radius 1 is 1.52 bits per heavy atom. The Balaban J connectivity index is 2.07. The fraction of sp³-hybridized carbons (Fsp3) is 0.333. The molecule has 6 heteroatoms. The zero-order valence-corrected chi connectivity index (χ0v) is 11.2. The lowest BCUT2D eigenvalue weighted by Gasteiger charge is -2.10. The van der Waals surface area contributed by atoms with Gasteiger partial charge < -0.3 is 10.1 Å². The lowest BCUT2D eigenvalue weighted by Crippen LogP contribution is -2.32. The van der Waals surface area contributed by atoms with Gasteiger partial charge in [0.05, 0.1) is 6.10 Å². The summed E-state index contributed by atoms with van der Waals surface area (Å²) >= 11 is 0. The molecule has 1 fully saturated rings. The van der Waals surface area contributed by atoms with Crippen LogP contribution < -0.4 is 5.32 Å². The van der Waals surface area contributed by atoms with E-state index in [2.05, 4.69) is 5.32 Å². The number of nitriles is 1. The molecule has 0 aliphatic carbocycles. The molecule has 1 aromatic carbocycles. The van der Waals surface area contributed by atoms with E-state index >= 15 is 0 Å². The molecule has 1 N–H and O–H groups in total. The van der Waals surface area contributed by atoms with Crippen LogP contribution in [0.3, 0.4) is 0 Å². The summed E-state index contributed by atoms with van der Waals surface area (Å²) in [5.74, 6) is -2.74. The molecule has 0 spiro atoms. The van der Waals surface area contributed by atoms with Crippen molar-refractivity contribution in [2.24, 2.45) is 0 Å². The second-order valence-electron chi connectivity index (χ2n) is 4.66. The van der Waals surface area contributed by atoms with E-state index < -0.39 is 17.5 Å². The van der Waals surface area contributed by atoms with Crippen LogP contribution in [0.25, 0.3) is 6.08 Å². The average molecular weight is 292 g/mol. The summed E-state index contributed by atoms with van der Waals surface area (Å²) in [6.07, 6.45) is 2.77. The normalized spacial score (nSPS) is 18.3. The van der Waals surface area contributed by atoms with Crippen LogP contribution in [0.5, 0.6) is 0 Å². The molecule has 1 aliphatic heterocycles. The van der Waals surface area contributed by atoms with Gasteiger partial charge >= 0.3 is 0 Å². The van der Waals surface area contributed by atoms with Crippen LogP contribution in [0.1, 0.15) is 18.4 Å². The summed E-state index contributed by atoms with van der Waals surface area (Å²) in [6.45, 7) is 0.958. The SMILES string of the molecule is N#C/C(=C\c1cccc(F)c1F)C(=O)NCC1CCCO1. The van der Waals surface area contributed by atoms with Gasteiger partial charge in [0.2, 0.25) is 0 Å². The minimum atomic E-state index is -1.09. The number of amides is 1. The maximum Gasteiger partial charge on any atom is 0.262 e. The summed E-state index contributed by atoms with van der Waals surface area (Å²) in [5, 5.41) is 11.5. The van der Waals surface area contributed by atoms with Crippen LogP contribution in [0.15, 0.2) is 23.8 Å². The van der Waals surface area contributed by atoms with Crippen molar-refractivity contribution in [2.45, 2.75) is 18.9 Å². The first kappa shape index (κ1) is 15.1. The van der Waals surface area contributed by atoms with Crippen molar-refractivity contribution in [1.82, 2.24) is 5.32 Å². The minimum absolute atomic E-state index is 0.0557. The predicted octanol–water partition coefficient (Wildman–Crippen LogP) is 2.17. The molecule has 21 heavy (non-hydrogen) atoms. The zero-order chi connectivity index (χ0) is 15.2. The third kappa shape index (κ3) is 3.86. The highest BCUT2D eigenvalue weighted by Crippen LogP contribution is 2.15. The van der Waals surface area contributed by atoms with E-state index in [1.807, 2.05) is 0 Å². The van der Waals surface area contributed by atoms with Crippen LogP contribution in [0, 0.1) is 23.0 Å². The average Bonchev–Trinajstić information content (AvgIpc) is 2.99. The highest BCUT2D eigenvalue weighted by Gasteiger charge is 2.18. The first-order chi connectivity index (χ1) is 10.1. The van der Waals surface area contributed by atoms with E-state index in [1.54, 1.807) is 6.07 Å². The largest absolute Gasteiger partial charge is 0.376 e. The van der Waals surface area contributed by atoms with E-state index in [0.717, 1.165) is 25.0 Å². The molecule has 1 saturated heterocycles. The molecule has 4 nitrogen and oxygen atoms in total. The van der Waals surface area contributed by atoms with Crippen molar-refractivity contribution in [3.05, 3.63) is 41.0 Å². The molecule has 1 heterocycles. The summed E-state index contributed by atoms with van der Waals surface area (Å²) in [5.41, 5.74) is -0.420. The molecule has 0 aromatic heterocycles. The Hall–Kier alpha value is -2.26. The Kier molecular flexibility index (Phi) is 5.01. The molecule has 0 radical (unpaired) electrons. The van der Waals surface area contributed by atoms with Crippen molar-refractivity contribution >= 4 is 12.0 Å². The monoisotopic (exact) mass is 292 g/mol. The molecule has 110 valence electrons. The number of carbonyl (C=O) groups is 1. The van der Waals surface area contributed by atoms with Gasteiger partial charge in [-0.05, 0) is 25.0 Å². The molecule has 1 aliphatic rings. The Morgan fingerprint density at radius 2 is 2.33 bits per heavy atom. The van der Waals surface area contributed by atoms with Gasteiger partial charge in [-0.3, -0.25) is 4.79 Å². The van der Waals surface area contributed by atoms with Crippen LogP contribution in [-0.2, 0) is 9.53 Å². The molecule has 1 aromatic rings. The number of hydrogen-bond acceptors (Lipinski definition) is 3. The fourth-order valence-electron chi connectivity index (χ4n) is 2.04. The third-order valence-corrected chi connectivity index (χ3v) is 3.16. The number of nitrogens with zero attached hydrogens (tertiary/aromatic N) is 1. The molecular weight excluding hydrogens is 278 g/mol. The molecule has 1 unspecified atom stereocenters. The van der Waals surface area contributed by atoms with Gasteiger partial charge in [0.1, 0.15) is 11.6 Å². The fourth-order valence-corrected chi connectivity index (χ4v) is 2.04. The number of benzene rings is 1. The number of nitrogens with one attached hydrogen (secondary N) is 1. The smallest absolute Gasteiger partial charge is 0.262 e. The number of hydrogen-bond donors (Lipinski definition) is 1. The second-order valence-corrected chi connectivity index (χ2v) is 4.66. The molecule has 0 bridgehead atoms. The van der Waals surface area contributed by atoms with Gasteiger partial charge in [0.15, 0.2) is 11.6 Å². The van der Waals surface area contributed by atoms with E-state index in [9.17, 15) is 13.6 Å². The van der Waals surface area contributed by atoms with Crippen LogP contribution in [0.4, 0.5) is 8.78 Å². The van der Waals surface area contributed by atoms with E-state index in [-0.39, 0.29) is 17.2 Å². The van der Waals surface area contributed by atoms with Gasteiger partial charge in [0.25, 0.3) is 5.91 Å². The summed E-state index contributed by atoms with van der Waals surface area (Å²) in [4.78, 5) is 11.9. The van der Waals surface area contributed by atoms with Crippen LogP contribution in [0.2, 0.25) is 0 Å². The molecule has 0 saturated carbocycles. The molecule has 1 atom stereocenters. The van der Waals surface area contributed by atoms with E-state index in [0.29, 0.717) is 13.2 Å². The van der Waals surface area contributed by atoms with Crippen molar-refractivity contribution in [3.8, 4) is 6.07 Å². The number of rotatable bonds is 4. The highest BCUT2D eigenvalue weighted by atomic mass is 19.2. The number of carbonyl (C=O) groups excluding carboxylic acids is 1. The Morgan fingerprint density at radius 3 is 3.00 bits per heavy atom. The van der Waals surface area contributed by atoms with E-state index in [4.69, 9.17) is 10.00 Å². The van der Waals surface area contributed by atoms with Crippen molar-refractivity contribution in [1.29, 1.82) is 5.26 Å².